The van der Waals surface area contributed by atoms with E-state index in [1.165, 1.54) is 19.3 Å². The van der Waals surface area contributed by atoms with Crippen molar-refractivity contribution in [2.45, 2.75) is 45.6 Å². The first-order chi connectivity index (χ1) is 9.76. The fourth-order valence-corrected chi connectivity index (χ4v) is 2.65. The van der Waals surface area contributed by atoms with Crippen LogP contribution in [0.15, 0.2) is 36.5 Å². The van der Waals surface area contributed by atoms with Crippen LogP contribution in [-0.2, 0) is 0 Å². The van der Waals surface area contributed by atoms with Crippen LogP contribution in [0.25, 0.3) is 5.69 Å². The Balaban J connectivity index is 1.81. The van der Waals surface area contributed by atoms with Gasteiger partial charge in [0.1, 0.15) is 0 Å². The van der Waals surface area contributed by atoms with E-state index < -0.39 is 0 Å². The molecule has 3 heteroatoms. The molecule has 0 spiro atoms. The molecule has 1 fully saturated rings. The summed E-state index contributed by atoms with van der Waals surface area (Å²) in [6, 6.07) is 10.9. The average Bonchev–Trinajstić information content (AvgIpc) is 3.21. The summed E-state index contributed by atoms with van der Waals surface area (Å²) in [5, 5.41) is 3.64. The van der Waals surface area contributed by atoms with E-state index in [-0.39, 0.29) is 0 Å². The largest absolute Gasteiger partial charge is 0.353 e. The van der Waals surface area contributed by atoms with Gasteiger partial charge in [0.2, 0.25) is 5.95 Å². The molecule has 2 aromatic rings. The molecule has 1 atom stereocenters. The number of aromatic nitrogens is 2. The van der Waals surface area contributed by atoms with Crippen molar-refractivity contribution in [3.05, 3.63) is 42.2 Å². The predicted molar refractivity (Wildman–Crippen MR) is 83.3 cm³/mol. The Morgan fingerprint density at radius 1 is 1.30 bits per heavy atom. The highest BCUT2D eigenvalue weighted by atomic mass is 15.2. The van der Waals surface area contributed by atoms with Crippen LogP contribution in [0.2, 0.25) is 0 Å². The average molecular weight is 269 g/mol. The topological polar surface area (TPSA) is 29.9 Å². The number of para-hydroxylation sites is 1. The quantitative estimate of drug-likeness (QED) is 0.853. The van der Waals surface area contributed by atoms with Crippen LogP contribution in [0.3, 0.4) is 0 Å². The van der Waals surface area contributed by atoms with Crippen molar-refractivity contribution in [3.63, 3.8) is 0 Å². The van der Waals surface area contributed by atoms with Crippen molar-refractivity contribution in [3.8, 4) is 5.69 Å². The second-order valence-electron chi connectivity index (χ2n) is 5.84. The first kappa shape index (κ1) is 13.2. The Morgan fingerprint density at radius 2 is 2.05 bits per heavy atom. The van der Waals surface area contributed by atoms with Crippen molar-refractivity contribution >= 4 is 5.95 Å². The standard InChI is InChI=1S/C17H23N3/c1-3-15(11-14-9-10-14)19-17-18-13(2)12-20(17)16-7-5-4-6-8-16/h4-8,12,14-15H,3,9-11H2,1-2H3,(H,18,19). The summed E-state index contributed by atoms with van der Waals surface area (Å²) in [7, 11) is 0. The molecule has 3 nitrogen and oxygen atoms in total. The number of imidazole rings is 1. The Morgan fingerprint density at radius 3 is 2.70 bits per heavy atom. The monoisotopic (exact) mass is 269 g/mol. The van der Waals surface area contributed by atoms with E-state index in [9.17, 15) is 0 Å². The minimum Gasteiger partial charge on any atom is -0.353 e. The van der Waals surface area contributed by atoms with Crippen molar-refractivity contribution in [1.82, 2.24) is 9.55 Å². The first-order valence-electron chi connectivity index (χ1n) is 7.64. The maximum Gasteiger partial charge on any atom is 0.207 e. The lowest BCUT2D eigenvalue weighted by Gasteiger charge is -2.18. The molecule has 1 N–H and O–H groups in total. The van der Waals surface area contributed by atoms with Crippen molar-refractivity contribution < 1.29 is 0 Å². The van der Waals surface area contributed by atoms with E-state index in [2.05, 4.69) is 52.3 Å². The maximum atomic E-state index is 4.65. The minimum absolute atomic E-state index is 0.534. The van der Waals surface area contributed by atoms with E-state index in [1.54, 1.807) is 0 Å². The van der Waals surface area contributed by atoms with Gasteiger partial charge in [0.15, 0.2) is 0 Å². The SMILES string of the molecule is CCC(CC1CC1)Nc1nc(C)cn1-c1ccccc1. The van der Waals surface area contributed by atoms with Gasteiger partial charge in [-0.25, -0.2) is 4.98 Å². The van der Waals surface area contributed by atoms with Crippen LogP contribution < -0.4 is 5.32 Å². The predicted octanol–water partition coefficient (Wildman–Crippen LogP) is 4.17. The molecule has 1 unspecified atom stereocenters. The number of aryl methyl sites for hydroxylation is 1. The summed E-state index contributed by atoms with van der Waals surface area (Å²) in [5.74, 6) is 1.91. The van der Waals surface area contributed by atoms with Gasteiger partial charge in [-0.3, -0.25) is 4.57 Å². The number of hydrogen-bond donors (Lipinski definition) is 1. The highest BCUT2D eigenvalue weighted by molar-refractivity contribution is 5.43. The van der Waals surface area contributed by atoms with Gasteiger partial charge in [-0.15, -0.1) is 0 Å². The first-order valence-corrected chi connectivity index (χ1v) is 7.64. The van der Waals surface area contributed by atoms with Crippen molar-refractivity contribution in [2.75, 3.05) is 5.32 Å². The molecule has 1 heterocycles. The molecule has 1 saturated carbocycles. The highest BCUT2D eigenvalue weighted by Gasteiger charge is 2.25. The molecule has 0 saturated heterocycles. The molecule has 1 aromatic carbocycles. The lowest BCUT2D eigenvalue weighted by atomic mass is 10.1. The lowest BCUT2D eigenvalue weighted by Crippen LogP contribution is -2.21. The van der Waals surface area contributed by atoms with E-state index in [0.29, 0.717) is 6.04 Å². The van der Waals surface area contributed by atoms with Crippen LogP contribution >= 0.6 is 0 Å². The summed E-state index contributed by atoms with van der Waals surface area (Å²) in [6.45, 7) is 4.30. The molecule has 0 amide bonds. The zero-order valence-corrected chi connectivity index (χ0v) is 12.3. The molecule has 1 aliphatic carbocycles. The zero-order valence-electron chi connectivity index (χ0n) is 12.3. The fourth-order valence-electron chi connectivity index (χ4n) is 2.65. The summed E-state index contributed by atoms with van der Waals surface area (Å²) in [5.41, 5.74) is 2.22. The normalized spacial score (nSPS) is 16.1. The van der Waals surface area contributed by atoms with Gasteiger partial charge in [-0.1, -0.05) is 38.0 Å². The minimum atomic E-state index is 0.534. The van der Waals surface area contributed by atoms with Gasteiger partial charge in [0, 0.05) is 17.9 Å². The maximum absolute atomic E-state index is 4.65. The summed E-state index contributed by atoms with van der Waals surface area (Å²) in [6.07, 6.45) is 7.34. The number of rotatable bonds is 6. The second kappa shape index (κ2) is 5.70. The molecule has 3 rings (SSSR count). The molecule has 0 bridgehead atoms. The number of nitrogens with one attached hydrogen (secondary N) is 1. The number of benzene rings is 1. The van der Waals surface area contributed by atoms with E-state index in [1.807, 2.05) is 13.0 Å². The molecule has 1 aromatic heterocycles. The van der Waals surface area contributed by atoms with Gasteiger partial charge in [0.05, 0.1) is 5.69 Å². The smallest absolute Gasteiger partial charge is 0.207 e. The molecule has 0 aliphatic heterocycles. The lowest BCUT2D eigenvalue weighted by molar-refractivity contribution is 0.582. The number of anilines is 1. The van der Waals surface area contributed by atoms with Crippen LogP contribution in [0.1, 0.15) is 38.3 Å². The van der Waals surface area contributed by atoms with Gasteiger partial charge in [-0.2, -0.15) is 0 Å². The van der Waals surface area contributed by atoms with E-state index in [0.717, 1.165) is 29.7 Å². The summed E-state index contributed by atoms with van der Waals surface area (Å²) < 4.78 is 2.16. The number of hydrogen-bond acceptors (Lipinski definition) is 2. The summed E-state index contributed by atoms with van der Waals surface area (Å²) in [4.78, 5) is 4.65. The third-order valence-corrected chi connectivity index (χ3v) is 4.00. The van der Waals surface area contributed by atoms with E-state index in [4.69, 9.17) is 0 Å². The second-order valence-corrected chi connectivity index (χ2v) is 5.84. The Kier molecular flexibility index (Phi) is 3.77. The van der Waals surface area contributed by atoms with Gasteiger partial charge in [0.25, 0.3) is 0 Å². The summed E-state index contributed by atoms with van der Waals surface area (Å²) >= 11 is 0. The molecule has 20 heavy (non-hydrogen) atoms. The Labute approximate surface area is 121 Å². The van der Waals surface area contributed by atoms with Gasteiger partial charge < -0.3 is 5.32 Å². The Bertz CT molecular complexity index is 555. The molecule has 106 valence electrons. The van der Waals surface area contributed by atoms with Crippen LogP contribution in [-0.4, -0.2) is 15.6 Å². The number of nitrogens with zero attached hydrogens (tertiary/aromatic N) is 2. The third-order valence-electron chi connectivity index (χ3n) is 4.00. The zero-order chi connectivity index (χ0) is 13.9. The van der Waals surface area contributed by atoms with Crippen LogP contribution in [0.4, 0.5) is 5.95 Å². The van der Waals surface area contributed by atoms with Crippen molar-refractivity contribution in [1.29, 1.82) is 0 Å². The Hall–Kier alpha value is -1.77. The molecule has 1 aliphatic rings. The van der Waals surface area contributed by atoms with Crippen molar-refractivity contribution in [2.24, 2.45) is 5.92 Å². The van der Waals surface area contributed by atoms with Gasteiger partial charge in [-0.05, 0) is 37.8 Å². The van der Waals surface area contributed by atoms with Crippen LogP contribution in [0.5, 0.6) is 0 Å². The van der Waals surface area contributed by atoms with E-state index >= 15 is 0 Å². The van der Waals surface area contributed by atoms with Gasteiger partial charge >= 0.3 is 0 Å². The third kappa shape index (κ3) is 3.03. The highest BCUT2D eigenvalue weighted by Crippen LogP contribution is 2.34. The van der Waals surface area contributed by atoms with Crippen LogP contribution in [0, 0.1) is 12.8 Å². The molecular formula is C17H23N3. The molecular weight excluding hydrogens is 246 g/mol. The fraction of sp³-hybridized carbons (Fsp3) is 0.471. The molecule has 0 radical (unpaired) electrons.